The second-order valence-electron chi connectivity index (χ2n) is 4.47. The van der Waals surface area contributed by atoms with Crippen LogP contribution in [0.3, 0.4) is 0 Å². The summed E-state index contributed by atoms with van der Waals surface area (Å²) >= 11 is 0. The minimum Gasteiger partial charge on any atom is -0.457 e. The summed E-state index contributed by atoms with van der Waals surface area (Å²) in [6, 6.07) is 0. The number of hydrogen-bond donors (Lipinski definition) is 0. The fourth-order valence-corrected chi connectivity index (χ4v) is 1.21. The maximum absolute atomic E-state index is 12.1. The summed E-state index contributed by atoms with van der Waals surface area (Å²) in [6.07, 6.45) is -5.52. The highest BCUT2D eigenvalue weighted by Crippen LogP contribution is 2.17. The van der Waals surface area contributed by atoms with Crippen LogP contribution in [0.5, 0.6) is 0 Å². The lowest BCUT2D eigenvalue weighted by atomic mass is 10.1. The number of alkyl halides is 3. The van der Waals surface area contributed by atoms with Crippen LogP contribution in [-0.2, 0) is 14.3 Å². The average Bonchev–Trinajstić information content (AvgIpc) is 2.24. The van der Waals surface area contributed by atoms with Gasteiger partial charge in [-0.3, -0.25) is 9.59 Å². The first-order chi connectivity index (χ1) is 8.46. The lowest BCUT2D eigenvalue weighted by Crippen LogP contribution is -2.42. The molecular weight excluding hydrogens is 263 g/mol. The van der Waals surface area contributed by atoms with Crippen molar-refractivity contribution in [1.82, 2.24) is 4.90 Å². The number of halogens is 3. The highest BCUT2D eigenvalue weighted by molar-refractivity contribution is 5.85. The zero-order valence-corrected chi connectivity index (χ0v) is 11.6. The minimum absolute atomic E-state index is 0.285. The number of carbonyl (C=O) groups is 2. The van der Waals surface area contributed by atoms with Crippen molar-refractivity contribution < 1.29 is 27.5 Å². The largest absolute Gasteiger partial charge is 0.471 e. The van der Waals surface area contributed by atoms with Gasteiger partial charge in [-0.2, -0.15) is 13.2 Å². The van der Waals surface area contributed by atoms with Crippen LogP contribution in [0.25, 0.3) is 0 Å². The maximum Gasteiger partial charge on any atom is 0.471 e. The molecule has 0 aromatic rings. The molecule has 19 heavy (non-hydrogen) atoms. The predicted molar refractivity (Wildman–Crippen MR) is 63.3 cm³/mol. The summed E-state index contributed by atoms with van der Waals surface area (Å²) in [5.74, 6) is -2.95. The third kappa shape index (κ3) is 5.76. The van der Waals surface area contributed by atoms with Gasteiger partial charge in [-0.15, -0.1) is 0 Å². The molecule has 0 rings (SSSR count). The fourth-order valence-electron chi connectivity index (χ4n) is 1.21. The minimum atomic E-state index is -4.99. The molecule has 0 bridgehead atoms. The molecule has 0 heterocycles. The van der Waals surface area contributed by atoms with E-state index in [1.165, 1.54) is 0 Å². The molecule has 0 N–H and O–H groups in total. The van der Waals surface area contributed by atoms with Crippen molar-refractivity contribution in [3.63, 3.8) is 0 Å². The number of rotatable bonds is 4. The standard InChI is InChI=1S/C12H18F3NO3/c1-7(2)8(3)9(4)19-10(17)6-16(5)11(18)12(13,14)15/h9H,6H2,1-5H3. The van der Waals surface area contributed by atoms with Gasteiger partial charge in [0.25, 0.3) is 0 Å². The van der Waals surface area contributed by atoms with E-state index in [1.807, 2.05) is 13.8 Å². The van der Waals surface area contributed by atoms with Gasteiger partial charge in [-0.1, -0.05) is 5.57 Å². The summed E-state index contributed by atoms with van der Waals surface area (Å²) in [6.45, 7) is 6.31. The Morgan fingerprint density at radius 3 is 2.05 bits per heavy atom. The van der Waals surface area contributed by atoms with Crippen LogP contribution in [0.1, 0.15) is 27.7 Å². The smallest absolute Gasteiger partial charge is 0.457 e. The van der Waals surface area contributed by atoms with Crippen LogP contribution in [0.15, 0.2) is 11.1 Å². The van der Waals surface area contributed by atoms with Crippen molar-refractivity contribution in [2.75, 3.05) is 13.6 Å². The highest BCUT2D eigenvalue weighted by Gasteiger charge is 2.41. The van der Waals surface area contributed by atoms with Crippen LogP contribution in [0, 0.1) is 0 Å². The summed E-state index contributed by atoms with van der Waals surface area (Å²) in [4.78, 5) is 22.5. The van der Waals surface area contributed by atoms with Crippen LogP contribution in [0.4, 0.5) is 13.2 Å². The third-order valence-corrected chi connectivity index (χ3v) is 2.66. The summed E-state index contributed by atoms with van der Waals surface area (Å²) in [5, 5.41) is 0. The molecule has 0 aliphatic carbocycles. The van der Waals surface area contributed by atoms with Gasteiger partial charge in [0.1, 0.15) is 12.6 Å². The van der Waals surface area contributed by atoms with Gasteiger partial charge < -0.3 is 9.64 Å². The van der Waals surface area contributed by atoms with Crippen LogP contribution < -0.4 is 0 Å². The first-order valence-corrected chi connectivity index (χ1v) is 5.62. The van der Waals surface area contributed by atoms with Gasteiger partial charge >= 0.3 is 18.1 Å². The van der Waals surface area contributed by atoms with E-state index < -0.39 is 30.7 Å². The average molecular weight is 281 g/mol. The van der Waals surface area contributed by atoms with Gasteiger partial charge in [0.05, 0.1) is 0 Å². The number of likely N-dealkylation sites (N-methyl/N-ethyl adjacent to an activating group) is 1. The molecule has 0 aromatic carbocycles. The van der Waals surface area contributed by atoms with E-state index in [1.54, 1.807) is 13.8 Å². The number of amides is 1. The number of allylic oxidation sites excluding steroid dienone is 1. The van der Waals surface area contributed by atoms with Gasteiger partial charge in [-0.05, 0) is 33.3 Å². The lowest BCUT2D eigenvalue weighted by Gasteiger charge is -2.20. The van der Waals surface area contributed by atoms with Crippen molar-refractivity contribution in [2.24, 2.45) is 0 Å². The molecule has 0 aromatic heterocycles. The lowest BCUT2D eigenvalue weighted by molar-refractivity contribution is -0.185. The van der Waals surface area contributed by atoms with Gasteiger partial charge in [0.2, 0.25) is 0 Å². The Kier molecular flexibility index (Phi) is 6.05. The normalized spacial score (nSPS) is 12.6. The van der Waals surface area contributed by atoms with Gasteiger partial charge in [0, 0.05) is 7.05 Å². The molecule has 0 fully saturated rings. The molecule has 1 amide bonds. The molecule has 1 unspecified atom stereocenters. The van der Waals surface area contributed by atoms with Crippen LogP contribution in [0.2, 0.25) is 0 Å². The Bertz CT molecular complexity index is 384. The second kappa shape index (κ2) is 6.58. The van der Waals surface area contributed by atoms with Crippen LogP contribution in [-0.4, -0.2) is 42.6 Å². The monoisotopic (exact) mass is 281 g/mol. The molecule has 0 aliphatic heterocycles. The number of esters is 1. The number of carbonyl (C=O) groups excluding carboxylic acids is 2. The molecule has 1 atom stereocenters. The second-order valence-corrected chi connectivity index (χ2v) is 4.47. The number of nitrogens with zero attached hydrogens (tertiary/aromatic N) is 1. The zero-order chi connectivity index (χ0) is 15.4. The molecule has 0 saturated heterocycles. The Balaban J connectivity index is 4.49. The van der Waals surface area contributed by atoms with E-state index in [2.05, 4.69) is 0 Å². The number of ether oxygens (including phenoxy) is 1. The van der Waals surface area contributed by atoms with Gasteiger partial charge in [0.15, 0.2) is 0 Å². The highest BCUT2D eigenvalue weighted by atomic mass is 19.4. The predicted octanol–water partition coefficient (Wildman–Crippen LogP) is 2.30. The summed E-state index contributed by atoms with van der Waals surface area (Å²) in [5.41, 5.74) is 1.78. The molecule has 0 spiro atoms. The Morgan fingerprint density at radius 2 is 1.68 bits per heavy atom. The van der Waals surface area contributed by atoms with Crippen molar-refractivity contribution >= 4 is 11.9 Å². The van der Waals surface area contributed by atoms with Crippen molar-refractivity contribution in [2.45, 2.75) is 40.0 Å². The topological polar surface area (TPSA) is 46.6 Å². The Morgan fingerprint density at radius 1 is 1.21 bits per heavy atom. The van der Waals surface area contributed by atoms with Crippen molar-refractivity contribution in [1.29, 1.82) is 0 Å². The van der Waals surface area contributed by atoms with E-state index >= 15 is 0 Å². The van der Waals surface area contributed by atoms with E-state index in [4.69, 9.17) is 4.74 Å². The first-order valence-electron chi connectivity index (χ1n) is 5.62. The third-order valence-electron chi connectivity index (χ3n) is 2.66. The quantitative estimate of drug-likeness (QED) is 0.587. The maximum atomic E-state index is 12.1. The number of hydrogen-bond acceptors (Lipinski definition) is 3. The molecule has 0 radical (unpaired) electrons. The SMILES string of the molecule is CC(C)=C(C)C(C)OC(=O)CN(C)C(=O)C(F)(F)F. The Labute approximate surface area is 110 Å². The van der Waals surface area contributed by atoms with E-state index in [-0.39, 0.29) is 4.90 Å². The molecular formula is C12H18F3NO3. The summed E-state index contributed by atoms with van der Waals surface area (Å²) < 4.78 is 41.2. The summed E-state index contributed by atoms with van der Waals surface area (Å²) in [7, 11) is 0.898. The van der Waals surface area contributed by atoms with Crippen molar-refractivity contribution in [3.05, 3.63) is 11.1 Å². The molecule has 7 heteroatoms. The van der Waals surface area contributed by atoms with E-state index in [0.29, 0.717) is 0 Å². The van der Waals surface area contributed by atoms with E-state index in [0.717, 1.165) is 18.2 Å². The molecule has 0 aliphatic rings. The first kappa shape index (κ1) is 17.5. The molecule has 0 saturated carbocycles. The molecule has 110 valence electrons. The van der Waals surface area contributed by atoms with E-state index in [9.17, 15) is 22.8 Å². The fraction of sp³-hybridized carbons (Fsp3) is 0.667. The zero-order valence-electron chi connectivity index (χ0n) is 11.6. The molecule has 4 nitrogen and oxygen atoms in total. The van der Waals surface area contributed by atoms with Crippen molar-refractivity contribution in [3.8, 4) is 0 Å². The van der Waals surface area contributed by atoms with Crippen LogP contribution >= 0.6 is 0 Å². The van der Waals surface area contributed by atoms with Gasteiger partial charge in [-0.25, -0.2) is 0 Å². The Hall–Kier alpha value is -1.53.